The van der Waals surface area contributed by atoms with E-state index in [1.165, 1.54) is 0 Å². The normalized spacial score (nSPS) is 12.6. The van der Waals surface area contributed by atoms with Crippen LogP contribution in [0.5, 0.6) is 5.75 Å². The lowest BCUT2D eigenvalue weighted by Gasteiger charge is -2.11. The number of pyridine rings is 1. The Morgan fingerprint density at radius 1 is 1.50 bits per heavy atom. The number of aryl methyl sites for hydroxylation is 1. The maximum Gasteiger partial charge on any atom is 0.138 e. The van der Waals surface area contributed by atoms with Gasteiger partial charge in [-0.3, -0.25) is 4.98 Å². The van der Waals surface area contributed by atoms with Crippen molar-refractivity contribution in [1.29, 1.82) is 0 Å². The zero-order chi connectivity index (χ0) is 8.97. The van der Waals surface area contributed by atoms with Crippen molar-refractivity contribution in [2.24, 2.45) is 0 Å². The van der Waals surface area contributed by atoms with Crippen LogP contribution < -0.4 is 4.74 Å². The van der Waals surface area contributed by atoms with E-state index in [0.29, 0.717) is 0 Å². The van der Waals surface area contributed by atoms with E-state index >= 15 is 0 Å². The van der Waals surface area contributed by atoms with Crippen LogP contribution in [0.4, 0.5) is 0 Å². The summed E-state index contributed by atoms with van der Waals surface area (Å²) in [5, 5.41) is 0. The molecule has 0 fully saturated rings. The molecule has 0 aliphatic heterocycles. The zero-order valence-corrected chi connectivity index (χ0v) is 7.87. The van der Waals surface area contributed by atoms with E-state index in [0.717, 1.165) is 17.9 Å². The molecule has 0 aromatic carbocycles. The summed E-state index contributed by atoms with van der Waals surface area (Å²) in [6, 6.07) is 3.91. The Morgan fingerprint density at radius 2 is 2.25 bits per heavy atom. The van der Waals surface area contributed by atoms with Gasteiger partial charge in [-0.1, -0.05) is 6.92 Å². The lowest BCUT2D eigenvalue weighted by molar-refractivity contribution is 0.216. The second-order valence-corrected chi connectivity index (χ2v) is 2.97. The second-order valence-electron chi connectivity index (χ2n) is 2.97. The van der Waals surface area contributed by atoms with Gasteiger partial charge in [-0.2, -0.15) is 0 Å². The van der Waals surface area contributed by atoms with Crippen LogP contribution in [0, 0.1) is 6.92 Å². The van der Waals surface area contributed by atoms with Gasteiger partial charge in [0, 0.05) is 5.69 Å². The van der Waals surface area contributed by atoms with Crippen molar-refractivity contribution < 1.29 is 4.74 Å². The first-order valence-electron chi connectivity index (χ1n) is 4.31. The molecular formula is C10H15NO. The number of hydrogen-bond acceptors (Lipinski definition) is 2. The quantitative estimate of drug-likeness (QED) is 0.686. The molecule has 0 saturated carbocycles. The minimum Gasteiger partial charge on any atom is -0.489 e. The number of hydrogen-bond donors (Lipinski definition) is 0. The molecule has 0 aliphatic rings. The summed E-state index contributed by atoms with van der Waals surface area (Å²) in [4.78, 5) is 4.14. The number of ether oxygens (including phenoxy) is 1. The van der Waals surface area contributed by atoms with Crippen molar-refractivity contribution in [3.8, 4) is 5.75 Å². The smallest absolute Gasteiger partial charge is 0.138 e. The van der Waals surface area contributed by atoms with Crippen LogP contribution in [0.2, 0.25) is 0 Å². The van der Waals surface area contributed by atoms with Crippen LogP contribution in [0.3, 0.4) is 0 Å². The molecule has 2 heteroatoms. The summed E-state index contributed by atoms with van der Waals surface area (Å²) in [5.74, 6) is 0.856. The van der Waals surface area contributed by atoms with E-state index in [2.05, 4.69) is 18.8 Å². The summed E-state index contributed by atoms with van der Waals surface area (Å²) < 4.78 is 5.56. The summed E-state index contributed by atoms with van der Waals surface area (Å²) in [7, 11) is 0. The van der Waals surface area contributed by atoms with E-state index in [9.17, 15) is 0 Å². The SMILES string of the molecule is CCC(C)Oc1ccc(C)nc1. The van der Waals surface area contributed by atoms with Gasteiger partial charge in [-0.15, -0.1) is 0 Å². The Balaban J connectivity index is 2.58. The molecular weight excluding hydrogens is 150 g/mol. The van der Waals surface area contributed by atoms with Crippen LogP contribution in [0.15, 0.2) is 18.3 Å². The minimum atomic E-state index is 0.273. The van der Waals surface area contributed by atoms with Crippen molar-refractivity contribution in [2.75, 3.05) is 0 Å². The van der Waals surface area contributed by atoms with E-state index in [4.69, 9.17) is 4.74 Å². The number of nitrogens with zero attached hydrogens (tertiary/aromatic N) is 1. The van der Waals surface area contributed by atoms with Gasteiger partial charge in [-0.25, -0.2) is 0 Å². The molecule has 0 amide bonds. The van der Waals surface area contributed by atoms with E-state index in [1.807, 2.05) is 19.1 Å². The largest absolute Gasteiger partial charge is 0.489 e. The maximum atomic E-state index is 5.56. The fraction of sp³-hybridized carbons (Fsp3) is 0.500. The highest BCUT2D eigenvalue weighted by molar-refractivity contribution is 5.19. The topological polar surface area (TPSA) is 22.1 Å². The molecule has 1 unspecified atom stereocenters. The third kappa shape index (κ3) is 2.53. The molecule has 1 atom stereocenters. The Labute approximate surface area is 73.6 Å². The van der Waals surface area contributed by atoms with Gasteiger partial charge in [0.15, 0.2) is 0 Å². The molecule has 1 rings (SSSR count). The van der Waals surface area contributed by atoms with Crippen LogP contribution >= 0.6 is 0 Å². The third-order valence-electron chi connectivity index (χ3n) is 1.80. The molecule has 1 aromatic heterocycles. The van der Waals surface area contributed by atoms with Gasteiger partial charge in [0.25, 0.3) is 0 Å². The molecule has 1 aromatic rings. The van der Waals surface area contributed by atoms with Gasteiger partial charge in [0.1, 0.15) is 5.75 Å². The highest BCUT2D eigenvalue weighted by Crippen LogP contribution is 2.11. The van der Waals surface area contributed by atoms with Gasteiger partial charge in [0.2, 0.25) is 0 Å². The monoisotopic (exact) mass is 165 g/mol. The lowest BCUT2D eigenvalue weighted by Crippen LogP contribution is -2.09. The van der Waals surface area contributed by atoms with Crippen molar-refractivity contribution in [3.63, 3.8) is 0 Å². The fourth-order valence-corrected chi connectivity index (χ4v) is 0.840. The average Bonchev–Trinajstić information content (AvgIpc) is 2.09. The zero-order valence-electron chi connectivity index (χ0n) is 7.87. The Kier molecular flexibility index (Phi) is 3.09. The standard InChI is InChI=1S/C10H15NO/c1-4-9(3)12-10-6-5-8(2)11-7-10/h5-7,9H,4H2,1-3H3. The van der Waals surface area contributed by atoms with E-state index in [-0.39, 0.29) is 6.10 Å². The molecule has 0 bridgehead atoms. The molecule has 0 radical (unpaired) electrons. The lowest BCUT2D eigenvalue weighted by atomic mass is 10.3. The van der Waals surface area contributed by atoms with Crippen LogP contribution in [0.25, 0.3) is 0 Å². The molecule has 0 aliphatic carbocycles. The Hall–Kier alpha value is -1.05. The van der Waals surface area contributed by atoms with Gasteiger partial charge < -0.3 is 4.74 Å². The first-order chi connectivity index (χ1) is 5.72. The molecule has 12 heavy (non-hydrogen) atoms. The first kappa shape index (κ1) is 9.04. The summed E-state index contributed by atoms with van der Waals surface area (Å²) >= 11 is 0. The fourth-order valence-electron chi connectivity index (χ4n) is 0.840. The van der Waals surface area contributed by atoms with Crippen molar-refractivity contribution in [1.82, 2.24) is 4.98 Å². The van der Waals surface area contributed by atoms with Crippen LogP contribution in [-0.4, -0.2) is 11.1 Å². The van der Waals surface area contributed by atoms with Crippen molar-refractivity contribution >= 4 is 0 Å². The van der Waals surface area contributed by atoms with Gasteiger partial charge in [0.05, 0.1) is 12.3 Å². The number of rotatable bonds is 3. The average molecular weight is 165 g/mol. The highest BCUT2D eigenvalue weighted by atomic mass is 16.5. The molecule has 0 spiro atoms. The van der Waals surface area contributed by atoms with Gasteiger partial charge >= 0.3 is 0 Å². The molecule has 1 heterocycles. The molecule has 0 saturated heterocycles. The predicted octanol–water partition coefficient (Wildman–Crippen LogP) is 2.57. The minimum absolute atomic E-state index is 0.273. The Morgan fingerprint density at radius 3 is 2.75 bits per heavy atom. The molecule has 66 valence electrons. The van der Waals surface area contributed by atoms with E-state index in [1.54, 1.807) is 6.20 Å². The van der Waals surface area contributed by atoms with Gasteiger partial charge in [-0.05, 0) is 32.4 Å². The second kappa shape index (κ2) is 4.10. The molecule has 0 N–H and O–H groups in total. The summed E-state index contributed by atoms with van der Waals surface area (Å²) in [5.41, 5.74) is 1.02. The third-order valence-corrected chi connectivity index (χ3v) is 1.80. The van der Waals surface area contributed by atoms with Crippen LogP contribution in [0.1, 0.15) is 26.0 Å². The Bertz CT molecular complexity index is 230. The van der Waals surface area contributed by atoms with Crippen LogP contribution in [-0.2, 0) is 0 Å². The maximum absolute atomic E-state index is 5.56. The van der Waals surface area contributed by atoms with Crippen molar-refractivity contribution in [2.45, 2.75) is 33.3 Å². The molecule has 2 nitrogen and oxygen atoms in total. The predicted molar refractivity (Wildman–Crippen MR) is 49.4 cm³/mol. The number of aromatic nitrogens is 1. The first-order valence-corrected chi connectivity index (χ1v) is 4.31. The van der Waals surface area contributed by atoms with E-state index < -0.39 is 0 Å². The summed E-state index contributed by atoms with van der Waals surface area (Å²) in [6.45, 7) is 6.12. The summed E-state index contributed by atoms with van der Waals surface area (Å²) in [6.07, 6.45) is 3.06. The van der Waals surface area contributed by atoms with Crippen molar-refractivity contribution in [3.05, 3.63) is 24.0 Å². The highest BCUT2D eigenvalue weighted by Gasteiger charge is 1.99.